The quantitative estimate of drug-likeness (QED) is 0.827. The summed E-state index contributed by atoms with van der Waals surface area (Å²) in [6.45, 7) is 0.725. The zero-order chi connectivity index (χ0) is 11.4. The Hall–Kier alpha value is -0.960. The van der Waals surface area contributed by atoms with E-state index in [2.05, 4.69) is 5.32 Å². The van der Waals surface area contributed by atoms with Crippen molar-refractivity contribution in [1.29, 1.82) is 0 Å². The van der Waals surface area contributed by atoms with Gasteiger partial charge in [-0.2, -0.15) is 0 Å². The van der Waals surface area contributed by atoms with Crippen molar-refractivity contribution in [2.75, 3.05) is 6.54 Å². The van der Waals surface area contributed by atoms with E-state index in [-0.39, 0.29) is 5.91 Å². The van der Waals surface area contributed by atoms with Gasteiger partial charge in [0.2, 0.25) is 0 Å². The third-order valence-electron chi connectivity index (χ3n) is 3.07. The zero-order valence-corrected chi connectivity index (χ0v) is 9.87. The molecule has 1 aromatic heterocycles. The van der Waals surface area contributed by atoms with Gasteiger partial charge in [-0.05, 0) is 43.7 Å². The Labute approximate surface area is 100 Å². The van der Waals surface area contributed by atoms with Crippen LogP contribution in [0, 0.1) is 5.92 Å². The first-order chi connectivity index (χ1) is 7.75. The van der Waals surface area contributed by atoms with Gasteiger partial charge in [-0.1, -0.05) is 0 Å². The van der Waals surface area contributed by atoms with Gasteiger partial charge in [-0.3, -0.25) is 4.79 Å². The molecule has 2 rings (SSSR count). The minimum Gasteiger partial charge on any atom is -0.459 e. The zero-order valence-electron chi connectivity index (χ0n) is 9.12. The van der Waals surface area contributed by atoms with Crippen LogP contribution in [0.4, 0.5) is 0 Å². The van der Waals surface area contributed by atoms with Gasteiger partial charge < -0.3 is 9.73 Å². The Morgan fingerprint density at radius 2 is 2.19 bits per heavy atom. The highest BCUT2D eigenvalue weighted by Gasteiger charge is 2.20. The predicted octanol–water partition coefficient (Wildman–Crippen LogP) is 2.81. The van der Waals surface area contributed by atoms with E-state index in [1.807, 2.05) is 0 Å². The molecule has 0 spiro atoms. The summed E-state index contributed by atoms with van der Waals surface area (Å²) in [6, 6.07) is 3.39. The SMILES string of the molecule is O=C(NCC1CCC(Cl)CC1)c1ccco1. The molecular weight excluding hydrogens is 226 g/mol. The van der Waals surface area contributed by atoms with E-state index in [0.29, 0.717) is 17.1 Å². The number of alkyl halides is 1. The molecule has 1 aliphatic rings. The summed E-state index contributed by atoms with van der Waals surface area (Å²) in [5, 5.41) is 3.22. The van der Waals surface area contributed by atoms with Gasteiger partial charge in [-0.15, -0.1) is 11.6 Å². The lowest BCUT2D eigenvalue weighted by Gasteiger charge is -2.24. The summed E-state index contributed by atoms with van der Waals surface area (Å²) in [6.07, 6.45) is 5.83. The predicted molar refractivity (Wildman–Crippen MR) is 62.6 cm³/mol. The largest absolute Gasteiger partial charge is 0.459 e. The van der Waals surface area contributed by atoms with Gasteiger partial charge in [-0.25, -0.2) is 0 Å². The molecule has 1 heterocycles. The number of halogens is 1. The first kappa shape index (κ1) is 11.5. The number of carbonyl (C=O) groups excluding carboxylic acids is 1. The van der Waals surface area contributed by atoms with Crippen LogP contribution < -0.4 is 5.32 Å². The van der Waals surface area contributed by atoms with Crippen LogP contribution in [-0.2, 0) is 0 Å². The molecule has 0 aliphatic heterocycles. The number of rotatable bonds is 3. The van der Waals surface area contributed by atoms with E-state index >= 15 is 0 Å². The van der Waals surface area contributed by atoms with Crippen LogP contribution in [-0.4, -0.2) is 17.8 Å². The standard InChI is InChI=1S/C12H16ClNO2/c13-10-5-3-9(4-6-10)8-14-12(15)11-2-1-7-16-11/h1-2,7,9-10H,3-6,8H2,(H,14,15). The molecule has 16 heavy (non-hydrogen) atoms. The molecule has 1 aromatic rings. The Morgan fingerprint density at radius 3 is 2.81 bits per heavy atom. The molecular formula is C12H16ClNO2. The second-order valence-electron chi connectivity index (χ2n) is 4.31. The second-order valence-corrected chi connectivity index (χ2v) is 4.92. The minimum atomic E-state index is -0.127. The average Bonchev–Trinajstić information content (AvgIpc) is 2.81. The first-order valence-corrected chi connectivity index (χ1v) is 6.15. The van der Waals surface area contributed by atoms with Crippen molar-refractivity contribution in [2.24, 2.45) is 5.92 Å². The van der Waals surface area contributed by atoms with Gasteiger partial charge in [0.1, 0.15) is 0 Å². The van der Waals surface area contributed by atoms with Crippen molar-refractivity contribution in [3.05, 3.63) is 24.2 Å². The van der Waals surface area contributed by atoms with Crippen LogP contribution in [0.3, 0.4) is 0 Å². The van der Waals surface area contributed by atoms with Crippen molar-refractivity contribution in [3.63, 3.8) is 0 Å². The molecule has 0 radical (unpaired) electrons. The number of furan rings is 1. The normalized spacial score (nSPS) is 25.3. The van der Waals surface area contributed by atoms with Crippen molar-refractivity contribution in [3.8, 4) is 0 Å². The van der Waals surface area contributed by atoms with Gasteiger partial charge >= 0.3 is 0 Å². The van der Waals surface area contributed by atoms with Gasteiger partial charge in [0.05, 0.1) is 6.26 Å². The topological polar surface area (TPSA) is 42.2 Å². The molecule has 1 fully saturated rings. The lowest BCUT2D eigenvalue weighted by Crippen LogP contribution is -2.31. The van der Waals surface area contributed by atoms with E-state index < -0.39 is 0 Å². The fourth-order valence-corrected chi connectivity index (χ4v) is 2.31. The fourth-order valence-electron chi connectivity index (χ4n) is 2.06. The van der Waals surface area contributed by atoms with E-state index in [1.54, 1.807) is 12.1 Å². The first-order valence-electron chi connectivity index (χ1n) is 5.71. The summed E-state index contributed by atoms with van der Waals surface area (Å²) < 4.78 is 5.02. The summed E-state index contributed by atoms with van der Waals surface area (Å²) in [7, 11) is 0. The molecule has 1 aliphatic carbocycles. The van der Waals surface area contributed by atoms with Crippen LogP contribution in [0.1, 0.15) is 36.2 Å². The molecule has 1 saturated carbocycles. The van der Waals surface area contributed by atoms with E-state index in [9.17, 15) is 4.79 Å². The second kappa shape index (κ2) is 5.39. The fraction of sp³-hybridized carbons (Fsp3) is 0.583. The Kier molecular flexibility index (Phi) is 3.88. The van der Waals surface area contributed by atoms with E-state index in [0.717, 1.165) is 32.2 Å². The number of carbonyl (C=O) groups is 1. The molecule has 1 N–H and O–H groups in total. The molecule has 88 valence electrons. The lowest BCUT2D eigenvalue weighted by atomic mass is 9.89. The molecule has 1 amide bonds. The maximum absolute atomic E-state index is 11.6. The molecule has 0 atom stereocenters. The summed E-state index contributed by atoms with van der Waals surface area (Å²) in [5.74, 6) is 0.818. The Morgan fingerprint density at radius 1 is 1.44 bits per heavy atom. The van der Waals surface area contributed by atoms with E-state index in [1.165, 1.54) is 6.26 Å². The van der Waals surface area contributed by atoms with Gasteiger partial charge in [0.15, 0.2) is 5.76 Å². The smallest absolute Gasteiger partial charge is 0.286 e. The number of amides is 1. The third kappa shape index (κ3) is 3.01. The minimum absolute atomic E-state index is 0.127. The van der Waals surface area contributed by atoms with Crippen LogP contribution in [0.15, 0.2) is 22.8 Å². The Balaban J connectivity index is 1.73. The van der Waals surface area contributed by atoms with Gasteiger partial charge in [0, 0.05) is 11.9 Å². The summed E-state index contributed by atoms with van der Waals surface area (Å²) >= 11 is 6.02. The van der Waals surface area contributed by atoms with Crippen LogP contribution in [0.2, 0.25) is 0 Å². The monoisotopic (exact) mass is 241 g/mol. The van der Waals surface area contributed by atoms with Crippen LogP contribution in [0.5, 0.6) is 0 Å². The molecule has 0 aromatic carbocycles. The van der Waals surface area contributed by atoms with E-state index in [4.69, 9.17) is 16.0 Å². The highest BCUT2D eigenvalue weighted by Crippen LogP contribution is 2.26. The summed E-state index contributed by atoms with van der Waals surface area (Å²) in [5.41, 5.74) is 0. The van der Waals surface area contributed by atoms with Crippen molar-refractivity contribution >= 4 is 17.5 Å². The molecule has 4 heteroatoms. The van der Waals surface area contributed by atoms with Crippen LogP contribution >= 0.6 is 11.6 Å². The maximum atomic E-state index is 11.6. The van der Waals surface area contributed by atoms with Crippen molar-refractivity contribution in [1.82, 2.24) is 5.32 Å². The third-order valence-corrected chi connectivity index (χ3v) is 3.51. The highest BCUT2D eigenvalue weighted by molar-refractivity contribution is 6.20. The number of hydrogen-bond donors (Lipinski definition) is 1. The Bertz CT molecular complexity index is 329. The molecule has 3 nitrogen and oxygen atoms in total. The van der Waals surface area contributed by atoms with Crippen molar-refractivity contribution < 1.29 is 9.21 Å². The number of hydrogen-bond acceptors (Lipinski definition) is 2. The molecule has 0 unspecified atom stereocenters. The van der Waals surface area contributed by atoms with Gasteiger partial charge in [0.25, 0.3) is 5.91 Å². The van der Waals surface area contributed by atoms with Crippen LogP contribution in [0.25, 0.3) is 0 Å². The highest BCUT2D eigenvalue weighted by atomic mass is 35.5. The summed E-state index contributed by atoms with van der Waals surface area (Å²) in [4.78, 5) is 11.6. The maximum Gasteiger partial charge on any atom is 0.286 e. The lowest BCUT2D eigenvalue weighted by molar-refractivity contribution is 0.0916. The molecule has 0 bridgehead atoms. The van der Waals surface area contributed by atoms with Crippen molar-refractivity contribution in [2.45, 2.75) is 31.1 Å². The number of nitrogens with one attached hydrogen (secondary N) is 1. The average molecular weight is 242 g/mol. The molecule has 0 saturated heterocycles.